The molecule has 0 atom stereocenters. The number of rotatable bonds is 4. The van der Waals surface area contributed by atoms with E-state index in [9.17, 15) is 0 Å². The van der Waals surface area contributed by atoms with E-state index in [0.29, 0.717) is 0 Å². The standard InChI is InChI=1S/C51H38S/c1-5-6-15-31(2)33-25-26-41(35-17-8-7-16-34(33)35)50-39-21-11-9-19-37(39)49(38-20-10-12-22-40(38)50)32-24-27-45-42(28-32)43-30-48-44(29-46(43)51(45,3)4)36-18-13-14-23-47(36)52-48/h5-30H,1-4H3/b6-5-,31-15+. The summed E-state index contributed by atoms with van der Waals surface area (Å²) in [6.45, 7) is 9.06. The third-order valence-corrected chi connectivity index (χ3v) is 12.7. The summed E-state index contributed by atoms with van der Waals surface area (Å²) < 4.78 is 2.72. The van der Waals surface area contributed by atoms with E-state index in [2.05, 4.69) is 185 Å². The molecule has 0 saturated carbocycles. The summed E-state index contributed by atoms with van der Waals surface area (Å²) in [5, 5.41) is 10.4. The Kier molecular flexibility index (Phi) is 6.94. The molecule has 1 aliphatic carbocycles. The minimum Gasteiger partial charge on any atom is -0.135 e. The van der Waals surface area contributed by atoms with Crippen molar-refractivity contribution in [3.05, 3.63) is 174 Å². The zero-order chi connectivity index (χ0) is 35.1. The zero-order valence-electron chi connectivity index (χ0n) is 29.9. The Balaban J connectivity index is 1.23. The van der Waals surface area contributed by atoms with Crippen LogP contribution in [-0.2, 0) is 5.41 Å². The summed E-state index contributed by atoms with van der Waals surface area (Å²) in [5.41, 5.74) is 13.2. The molecule has 9 aromatic rings. The summed E-state index contributed by atoms with van der Waals surface area (Å²) in [6, 6.07) is 52.7. The summed E-state index contributed by atoms with van der Waals surface area (Å²) >= 11 is 1.91. The topological polar surface area (TPSA) is 0 Å². The maximum Gasteiger partial charge on any atom is 0.0361 e. The van der Waals surface area contributed by atoms with Crippen molar-refractivity contribution in [2.24, 2.45) is 0 Å². The van der Waals surface area contributed by atoms with Crippen LogP contribution >= 0.6 is 11.3 Å². The van der Waals surface area contributed by atoms with Crippen LogP contribution in [0.15, 0.2) is 158 Å². The van der Waals surface area contributed by atoms with Crippen LogP contribution in [0, 0.1) is 0 Å². The minimum atomic E-state index is -0.0813. The predicted molar refractivity (Wildman–Crippen MR) is 229 cm³/mol. The molecular formula is C51H38S. The Labute approximate surface area is 309 Å². The van der Waals surface area contributed by atoms with E-state index in [4.69, 9.17) is 0 Å². The second kappa shape index (κ2) is 11.6. The van der Waals surface area contributed by atoms with Crippen molar-refractivity contribution in [3.8, 4) is 33.4 Å². The second-order valence-corrected chi connectivity index (χ2v) is 15.9. The smallest absolute Gasteiger partial charge is 0.0361 e. The van der Waals surface area contributed by atoms with Gasteiger partial charge in [-0.1, -0.05) is 147 Å². The van der Waals surface area contributed by atoms with Gasteiger partial charge >= 0.3 is 0 Å². The quantitative estimate of drug-likeness (QED) is 0.128. The molecule has 0 bridgehead atoms. The maximum absolute atomic E-state index is 2.49. The molecule has 248 valence electrons. The average Bonchev–Trinajstić information content (AvgIpc) is 3.65. The normalized spacial score (nSPS) is 14.0. The van der Waals surface area contributed by atoms with Crippen LogP contribution in [0.25, 0.3) is 91.4 Å². The van der Waals surface area contributed by atoms with Crippen LogP contribution in [0.3, 0.4) is 0 Å². The van der Waals surface area contributed by atoms with Gasteiger partial charge in [0.1, 0.15) is 0 Å². The van der Waals surface area contributed by atoms with E-state index in [0.717, 1.165) is 0 Å². The van der Waals surface area contributed by atoms with E-state index in [1.807, 2.05) is 11.3 Å². The Morgan fingerprint density at radius 1 is 0.500 bits per heavy atom. The van der Waals surface area contributed by atoms with E-state index in [1.54, 1.807) is 0 Å². The van der Waals surface area contributed by atoms with Crippen LogP contribution < -0.4 is 0 Å². The molecule has 0 spiro atoms. The lowest BCUT2D eigenvalue weighted by Crippen LogP contribution is -2.14. The van der Waals surface area contributed by atoms with Crippen LogP contribution in [0.1, 0.15) is 44.4 Å². The molecule has 8 aromatic carbocycles. The number of allylic oxidation sites excluding steroid dienone is 4. The van der Waals surface area contributed by atoms with Gasteiger partial charge < -0.3 is 0 Å². The summed E-state index contributed by atoms with van der Waals surface area (Å²) in [6.07, 6.45) is 6.42. The lowest BCUT2D eigenvalue weighted by molar-refractivity contribution is 0.661. The van der Waals surface area contributed by atoms with Crippen molar-refractivity contribution < 1.29 is 0 Å². The van der Waals surface area contributed by atoms with E-state index in [1.165, 1.54) is 108 Å². The summed E-state index contributed by atoms with van der Waals surface area (Å²) in [5.74, 6) is 0. The summed E-state index contributed by atoms with van der Waals surface area (Å²) in [7, 11) is 0. The SMILES string of the molecule is C/C=C\C=C(/C)c1ccc(-c2c3ccccc3c(-c3ccc4c(c3)-c3cc5sc6ccccc6c5cc3C4(C)C)c3ccccc23)c2ccccc12. The van der Waals surface area contributed by atoms with Crippen LogP contribution in [0.5, 0.6) is 0 Å². The third-order valence-electron chi connectivity index (χ3n) is 11.6. The lowest BCUT2D eigenvalue weighted by atomic mass is 9.81. The molecule has 0 amide bonds. The average molecular weight is 683 g/mol. The van der Waals surface area contributed by atoms with Gasteiger partial charge in [-0.25, -0.2) is 0 Å². The van der Waals surface area contributed by atoms with Gasteiger partial charge in [-0.2, -0.15) is 0 Å². The highest BCUT2D eigenvalue weighted by molar-refractivity contribution is 7.25. The molecule has 0 aliphatic heterocycles. The Morgan fingerprint density at radius 2 is 1.10 bits per heavy atom. The molecule has 1 aliphatic rings. The van der Waals surface area contributed by atoms with Crippen LogP contribution in [0.2, 0.25) is 0 Å². The minimum absolute atomic E-state index is 0.0813. The van der Waals surface area contributed by atoms with Crippen molar-refractivity contribution in [2.45, 2.75) is 33.1 Å². The van der Waals surface area contributed by atoms with E-state index < -0.39 is 0 Å². The first-order valence-electron chi connectivity index (χ1n) is 18.3. The maximum atomic E-state index is 2.49. The molecule has 0 N–H and O–H groups in total. The van der Waals surface area contributed by atoms with Gasteiger partial charge in [0.2, 0.25) is 0 Å². The fourth-order valence-corrected chi connectivity index (χ4v) is 10.2. The molecule has 0 fully saturated rings. The Hall–Kier alpha value is -5.76. The summed E-state index contributed by atoms with van der Waals surface area (Å²) in [4.78, 5) is 0. The van der Waals surface area contributed by atoms with Crippen molar-refractivity contribution in [1.82, 2.24) is 0 Å². The van der Waals surface area contributed by atoms with Crippen molar-refractivity contribution in [1.29, 1.82) is 0 Å². The molecule has 0 nitrogen and oxygen atoms in total. The molecule has 1 heterocycles. The predicted octanol–water partition coefficient (Wildman–Crippen LogP) is 15.1. The molecule has 0 saturated heterocycles. The van der Waals surface area contributed by atoms with Gasteiger partial charge in [0.05, 0.1) is 0 Å². The molecule has 52 heavy (non-hydrogen) atoms. The lowest BCUT2D eigenvalue weighted by Gasteiger charge is -2.22. The monoisotopic (exact) mass is 682 g/mol. The molecule has 10 rings (SSSR count). The number of benzene rings is 8. The first-order chi connectivity index (χ1) is 25.4. The fraction of sp³-hybridized carbons (Fsp3) is 0.0980. The van der Waals surface area contributed by atoms with E-state index in [-0.39, 0.29) is 5.41 Å². The van der Waals surface area contributed by atoms with Gasteiger partial charge in [-0.3, -0.25) is 0 Å². The Morgan fingerprint density at radius 3 is 1.79 bits per heavy atom. The van der Waals surface area contributed by atoms with Crippen molar-refractivity contribution >= 4 is 69.4 Å². The zero-order valence-corrected chi connectivity index (χ0v) is 30.7. The van der Waals surface area contributed by atoms with E-state index >= 15 is 0 Å². The van der Waals surface area contributed by atoms with Gasteiger partial charge in [-0.15, -0.1) is 11.3 Å². The van der Waals surface area contributed by atoms with Gasteiger partial charge in [0.25, 0.3) is 0 Å². The highest BCUT2D eigenvalue weighted by atomic mass is 32.1. The number of thiophene rings is 1. The molecule has 0 radical (unpaired) electrons. The molecule has 0 unspecified atom stereocenters. The second-order valence-electron chi connectivity index (χ2n) is 14.8. The Bertz CT molecular complexity index is 2940. The van der Waals surface area contributed by atoms with Gasteiger partial charge in [-0.05, 0) is 126 Å². The van der Waals surface area contributed by atoms with Crippen LogP contribution in [0.4, 0.5) is 0 Å². The molecule has 1 heteroatoms. The number of hydrogen-bond donors (Lipinski definition) is 0. The van der Waals surface area contributed by atoms with Crippen molar-refractivity contribution in [2.75, 3.05) is 0 Å². The van der Waals surface area contributed by atoms with Crippen molar-refractivity contribution in [3.63, 3.8) is 0 Å². The first-order valence-corrected chi connectivity index (χ1v) is 19.1. The number of fused-ring (bicyclic) bond motifs is 9. The number of hydrogen-bond acceptors (Lipinski definition) is 1. The van der Waals surface area contributed by atoms with Crippen LogP contribution in [-0.4, -0.2) is 0 Å². The molecule has 1 aromatic heterocycles. The van der Waals surface area contributed by atoms with Gasteiger partial charge in [0, 0.05) is 25.6 Å². The highest BCUT2D eigenvalue weighted by Gasteiger charge is 2.36. The largest absolute Gasteiger partial charge is 0.135 e. The fourth-order valence-electron chi connectivity index (χ4n) is 9.04. The third kappa shape index (κ3) is 4.46. The van der Waals surface area contributed by atoms with Gasteiger partial charge in [0.15, 0.2) is 0 Å². The first kappa shape index (κ1) is 31.0. The highest BCUT2D eigenvalue weighted by Crippen LogP contribution is 2.53. The molecular weight excluding hydrogens is 645 g/mol.